The fraction of sp³-hybridized carbons (Fsp3) is 0.800. The molecule has 0 radical (unpaired) electrons. The molecule has 1 aromatic rings. The molecule has 7 heteroatoms. The van der Waals surface area contributed by atoms with Gasteiger partial charge in [0.05, 0.1) is 23.5 Å². The number of fused-ring (bicyclic) bond motifs is 1. The van der Waals surface area contributed by atoms with E-state index in [1.807, 2.05) is 18.7 Å². The molecule has 1 aromatic heterocycles. The van der Waals surface area contributed by atoms with Crippen molar-refractivity contribution < 1.29 is 14.6 Å². The first-order valence-electron chi connectivity index (χ1n) is 10.4. The van der Waals surface area contributed by atoms with Crippen molar-refractivity contribution in [3.05, 3.63) is 17.0 Å². The van der Waals surface area contributed by atoms with E-state index < -0.39 is 5.60 Å². The van der Waals surface area contributed by atoms with E-state index in [-0.39, 0.29) is 18.1 Å². The van der Waals surface area contributed by atoms with E-state index in [0.717, 1.165) is 30.9 Å². The lowest BCUT2D eigenvalue weighted by Gasteiger charge is -2.41. The Bertz CT molecular complexity index is 675. The molecular weight excluding hydrogens is 344 g/mol. The summed E-state index contributed by atoms with van der Waals surface area (Å²) < 4.78 is 5.82. The molecule has 27 heavy (non-hydrogen) atoms. The highest BCUT2D eigenvalue weighted by Gasteiger charge is 2.38. The molecule has 3 aliphatic heterocycles. The predicted octanol–water partition coefficient (Wildman–Crippen LogP) is 1.88. The normalized spacial score (nSPS) is 28.8. The van der Waals surface area contributed by atoms with Crippen molar-refractivity contribution in [2.45, 2.75) is 70.2 Å². The zero-order chi connectivity index (χ0) is 19.0. The molecule has 150 valence electrons. The van der Waals surface area contributed by atoms with Crippen molar-refractivity contribution in [2.24, 2.45) is 0 Å². The van der Waals surface area contributed by atoms with Gasteiger partial charge in [0.15, 0.2) is 5.69 Å². The number of rotatable bonds is 3. The molecule has 3 aliphatic rings. The first-order chi connectivity index (χ1) is 13.0. The molecule has 4 heterocycles. The summed E-state index contributed by atoms with van der Waals surface area (Å²) in [6.45, 7) is 8.11. The van der Waals surface area contributed by atoms with Crippen LogP contribution in [-0.4, -0.2) is 75.4 Å². The van der Waals surface area contributed by atoms with Crippen LogP contribution in [0.3, 0.4) is 0 Å². The lowest BCUT2D eigenvalue weighted by atomic mass is 9.89. The Hall–Kier alpha value is -1.44. The molecule has 0 unspecified atom stereocenters. The van der Waals surface area contributed by atoms with Crippen LogP contribution in [-0.2, 0) is 11.2 Å². The summed E-state index contributed by atoms with van der Waals surface area (Å²) >= 11 is 0. The number of carbonyl (C=O) groups is 1. The summed E-state index contributed by atoms with van der Waals surface area (Å²) in [5, 5.41) is 18.3. The second kappa shape index (κ2) is 7.53. The lowest BCUT2D eigenvalue weighted by molar-refractivity contribution is -0.0435. The molecule has 7 nitrogen and oxygen atoms in total. The van der Waals surface area contributed by atoms with E-state index >= 15 is 0 Å². The van der Waals surface area contributed by atoms with Gasteiger partial charge in [0.1, 0.15) is 0 Å². The Labute approximate surface area is 161 Å². The average molecular weight is 377 g/mol. The number of H-pyrrole nitrogens is 1. The molecule has 4 rings (SSSR count). The monoisotopic (exact) mass is 376 g/mol. The Balaban J connectivity index is 1.39. The molecule has 0 aliphatic carbocycles. The SMILES string of the molecule is C[C@@H]1Cc2c(C(=O)N3CCC(O)(CN4CCCCC4)CC3)n[nH]c2[C@H](C)O1. The van der Waals surface area contributed by atoms with Gasteiger partial charge < -0.3 is 19.6 Å². The van der Waals surface area contributed by atoms with Crippen LogP contribution in [0.1, 0.15) is 73.8 Å². The van der Waals surface area contributed by atoms with Gasteiger partial charge in [-0.2, -0.15) is 5.10 Å². The van der Waals surface area contributed by atoms with Gasteiger partial charge in [-0.05, 0) is 52.6 Å². The Morgan fingerprint density at radius 3 is 2.63 bits per heavy atom. The fourth-order valence-corrected chi connectivity index (χ4v) is 4.82. The van der Waals surface area contributed by atoms with Crippen molar-refractivity contribution in [3.63, 3.8) is 0 Å². The average Bonchev–Trinajstić information content (AvgIpc) is 3.06. The quantitative estimate of drug-likeness (QED) is 0.842. The molecule has 0 saturated carbocycles. The number of amides is 1. The third-order valence-electron chi connectivity index (χ3n) is 6.38. The summed E-state index contributed by atoms with van der Waals surface area (Å²) in [5.74, 6) is -0.0196. The van der Waals surface area contributed by atoms with Crippen molar-refractivity contribution in [1.29, 1.82) is 0 Å². The van der Waals surface area contributed by atoms with E-state index in [2.05, 4.69) is 15.1 Å². The van der Waals surface area contributed by atoms with Crippen molar-refractivity contribution >= 4 is 5.91 Å². The van der Waals surface area contributed by atoms with Gasteiger partial charge in [-0.1, -0.05) is 6.42 Å². The zero-order valence-corrected chi connectivity index (χ0v) is 16.5. The molecule has 2 atom stereocenters. The molecule has 0 bridgehead atoms. The number of hydrogen-bond donors (Lipinski definition) is 2. The molecule has 0 aromatic carbocycles. The van der Waals surface area contributed by atoms with Crippen molar-refractivity contribution in [1.82, 2.24) is 20.0 Å². The van der Waals surface area contributed by atoms with Gasteiger partial charge in [-0.15, -0.1) is 0 Å². The van der Waals surface area contributed by atoms with Crippen molar-refractivity contribution in [2.75, 3.05) is 32.7 Å². The highest BCUT2D eigenvalue weighted by molar-refractivity contribution is 5.94. The van der Waals surface area contributed by atoms with Crippen LogP contribution in [0, 0.1) is 0 Å². The topological polar surface area (TPSA) is 81.7 Å². The standard InChI is InChI=1S/C20H32N4O3/c1-14-12-16-17(15(2)27-14)21-22-18(16)19(25)24-10-6-20(26,7-11-24)13-23-8-4-3-5-9-23/h14-15,26H,3-13H2,1-2H3,(H,21,22)/t14-,15+/m1/s1. The number of aromatic nitrogens is 2. The number of likely N-dealkylation sites (tertiary alicyclic amines) is 2. The van der Waals surface area contributed by atoms with Gasteiger partial charge in [-0.3, -0.25) is 9.89 Å². The summed E-state index contributed by atoms with van der Waals surface area (Å²) in [5.41, 5.74) is 1.79. The summed E-state index contributed by atoms with van der Waals surface area (Å²) in [7, 11) is 0. The Kier molecular flexibility index (Phi) is 5.27. The molecule has 2 saturated heterocycles. The Morgan fingerprint density at radius 2 is 1.93 bits per heavy atom. The lowest BCUT2D eigenvalue weighted by Crippen LogP contribution is -2.53. The van der Waals surface area contributed by atoms with Gasteiger partial charge in [0, 0.05) is 31.6 Å². The van der Waals surface area contributed by atoms with Crippen LogP contribution in [0.25, 0.3) is 0 Å². The third kappa shape index (κ3) is 3.91. The second-order valence-corrected chi connectivity index (χ2v) is 8.61. The smallest absolute Gasteiger partial charge is 0.274 e. The highest BCUT2D eigenvalue weighted by Crippen LogP contribution is 2.32. The molecule has 0 spiro atoms. The predicted molar refractivity (Wildman–Crippen MR) is 102 cm³/mol. The van der Waals surface area contributed by atoms with E-state index in [4.69, 9.17) is 4.74 Å². The van der Waals surface area contributed by atoms with Gasteiger partial charge in [0.25, 0.3) is 5.91 Å². The van der Waals surface area contributed by atoms with Gasteiger partial charge >= 0.3 is 0 Å². The van der Waals surface area contributed by atoms with Crippen molar-refractivity contribution in [3.8, 4) is 0 Å². The summed E-state index contributed by atoms with van der Waals surface area (Å²) in [6, 6.07) is 0. The number of carbonyl (C=O) groups excluding carboxylic acids is 1. The van der Waals surface area contributed by atoms with E-state index in [9.17, 15) is 9.90 Å². The van der Waals surface area contributed by atoms with Crippen LogP contribution in [0.15, 0.2) is 0 Å². The number of aliphatic hydroxyl groups is 1. The number of hydrogen-bond acceptors (Lipinski definition) is 5. The zero-order valence-electron chi connectivity index (χ0n) is 16.5. The third-order valence-corrected chi connectivity index (χ3v) is 6.38. The number of β-amino-alcohol motifs (C(OH)–C–C–N with tert-alkyl or cyclic N) is 1. The molecule has 2 N–H and O–H groups in total. The van der Waals surface area contributed by atoms with Crippen LogP contribution in [0.2, 0.25) is 0 Å². The molecular formula is C20H32N4O3. The summed E-state index contributed by atoms with van der Waals surface area (Å²) in [6.07, 6.45) is 5.77. The maximum absolute atomic E-state index is 13.1. The maximum Gasteiger partial charge on any atom is 0.274 e. The van der Waals surface area contributed by atoms with Gasteiger partial charge in [0.2, 0.25) is 0 Å². The first-order valence-corrected chi connectivity index (χ1v) is 10.4. The van der Waals surface area contributed by atoms with Crippen LogP contribution in [0.5, 0.6) is 0 Å². The van der Waals surface area contributed by atoms with Crippen LogP contribution >= 0.6 is 0 Å². The second-order valence-electron chi connectivity index (χ2n) is 8.61. The first kappa shape index (κ1) is 18.9. The van der Waals surface area contributed by atoms with Crippen LogP contribution < -0.4 is 0 Å². The van der Waals surface area contributed by atoms with E-state index in [1.165, 1.54) is 19.3 Å². The number of nitrogens with one attached hydrogen (secondary N) is 1. The number of nitrogens with zero attached hydrogens (tertiary/aromatic N) is 3. The van der Waals surface area contributed by atoms with E-state index in [0.29, 0.717) is 38.0 Å². The number of piperidine rings is 2. The maximum atomic E-state index is 13.1. The van der Waals surface area contributed by atoms with E-state index in [1.54, 1.807) is 0 Å². The number of aromatic amines is 1. The van der Waals surface area contributed by atoms with Crippen LogP contribution in [0.4, 0.5) is 0 Å². The summed E-state index contributed by atoms with van der Waals surface area (Å²) in [4.78, 5) is 17.3. The number of ether oxygens (including phenoxy) is 1. The minimum Gasteiger partial charge on any atom is -0.388 e. The minimum atomic E-state index is -0.671. The minimum absolute atomic E-state index is 0.0196. The largest absolute Gasteiger partial charge is 0.388 e. The molecule has 2 fully saturated rings. The fourth-order valence-electron chi connectivity index (χ4n) is 4.82. The highest BCUT2D eigenvalue weighted by atomic mass is 16.5. The molecule has 1 amide bonds. The van der Waals surface area contributed by atoms with Gasteiger partial charge in [-0.25, -0.2) is 0 Å². The Morgan fingerprint density at radius 1 is 1.22 bits per heavy atom.